The number of aromatic nitrogens is 1. The summed E-state index contributed by atoms with van der Waals surface area (Å²) in [6.45, 7) is 2.42. The minimum atomic E-state index is -0.919. The lowest BCUT2D eigenvalue weighted by molar-refractivity contribution is 0.0926. The molecule has 1 aliphatic heterocycles. The first-order valence-corrected chi connectivity index (χ1v) is 8.02. The molecule has 132 valence electrons. The van der Waals surface area contributed by atoms with Crippen molar-refractivity contribution in [2.75, 3.05) is 13.6 Å². The number of hydrogen-bond acceptors (Lipinski definition) is 3. The van der Waals surface area contributed by atoms with E-state index in [0.717, 1.165) is 12.1 Å². The average molecular weight is 347 g/mol. The molecule has 1 fully saturated rings. The van der Waals surface area contributed by atoms with Crippen molar-refractivity contribution in [1.29, 1.82) is 0 Å². The normalized spacial score (nSPS) is 20.6. The van der Waals surface area contributed by atoms with Gasteiger partial charge in [0.1, 0.15) is 5.56 Å². The Morgan fingerprint density at radius 3 is 2.72 bits per heavy atom. The van der Waals surface area contributed by atoms with Gasteiger partial charge in [-0.25, -0.2) is 8.78 Å². The molecule has 5 nitrogen and oxygen atoms in total. The van der Waals surface area contributed by atoms with Crippen LogP contribution in [0.5, 0.6) is 0 Å². The number of amides is 1. The van der Waals surface area contributed by atoms with E-state index in [-0.39, 0.29) is 23.1 Å². The molecule has 1 aromatic heterocycles. The summed E-state index contributed by atoms with van der Waals surface area (Å²) in [6.07, 6.45) is 2.04. The topological polar surface area (TPSA) is 65.2 Å². The summed E-state index contributed by atoms with van der Waals surface area (Å²) >= 11 is 0. The number of carbonyl (C=O) groups is 1. The minimum absolute atomic E-state index is 0.0317. The molecular formula is C18H19F2N3O2. The number of likely N-dealkylation sites (N-methyl/N-ethyl adjacent to an activating group) is 1. The van der Waals surface area contributed by atoms with Gasteiger partial charge in [-0.1, -0.05) is 6.07 Å². The van der Waals surface area contributed by atoms with Gasteiger partial charge in [0, 0.05) is 24.5 Å². The molecule has 2 N–H and O–H groups in total. The molecule has 25 heavy (non-hydrogen) atoms. The predicted molar refractivity (Wildman–Crippen MR) is 89.4 cm³/mol. The van der Waals surface area contributed by atoms with E-state index in [0.29, 0.717) is 24.2 Å². The fraction of sp³-hybridized carbons (Fsp3) is 0.333. The molecule has 2 heterocycles. The predicted octanol–water partition coefficient (Wildman–Crippen LogP) is 2.14. The zero-order valence-corrected chi connectivity index (χ0v) is 14.0. The van der Waals surface area contributed by atoms with Crippen LogP contribution in [0.3, 0.4) is 0 Å². The van der Waals surface area contributed by atoms with E-state index in [4.69, 9.17) is 0 Å². The van der Waals surface area contributed by atoms with Crippen molar-refractivity contribution in [2.24, 2.45) is 0 Å². The van der Waals surface area contributed by atoms with E-state index in [1.54, 1.807) is 6.92 Å². The first-order chi connectivity index (χ1) is 11.9. The molecule has 1 saturated heterocycles. The fourth-order valence-electron chi connectivity index (χ4n) is 3.28. The van der Waals surface area contributed by atoms with Gasteiger partial charge in [0.2, 0.25) is 0 Å². The molecule has 0 saturated carbocycles. The average Bonchev–Trinajstić information content (AvgIpc) is 2.90. The highest BCUT2D eigenvalue weighted by atomic mass is 19.2. The number of hydrogen-bond donors (Lipinski definition) is 2. The second-order valence-corrected chi connectivity index (χ2v) is 6.36. The van der Waals surface area contributed by atoms with Crippen molar-refractivity contribution in [3.63, 3.8) is 0 Å². The quantitative estimate of drug-likeness (QED) is 0.894. The van der Waals surface area contributed by atoms with Crippen molar-refractivity contribution in [1.82, 2.24) is 15.2 Å². The van der Waals surface area contributed by atoms with Crippen LogP contribution >= 0.6 is 0 Å². The zero-order chi connectivity index (χ0) is 18.1. The van der Waals surface area contributed by atoms with Gasteiger partial charge in [0.25, 0.3) is 5.91 Å². The molecule has 7 heteroatoms. The molecule has 3 rings (SSSR count). The second-order valence-electron chi connectivity index (χ2n) is 6.36. The van der Waals surface area contributed by atoms with Crippen LogP contribution in [-0.2, 0) is 0 Å². The first kappa shape index (κ1) is 17.3. The largest absolute Gasteiger partial charge is 0.364 e. The minimum Gasteiger partial charge on any atom is -0.364 e. The number of pyridine rings is 1. The maximum atomic E-state index is 13.6. The fourth-order valence-corrected chi connectivity index (χ4v) is 3.28. The van der Waals surface area contributed by atoms with E-state index < -0.39 is 17.5 Å². The molecule has 0 radical (unpaired) electrons. The third-order valence-corrected chi connectivity index (χ3v) is 4.55. The third kappa shape index (κ3) is 3.46. The van der Waals surface area contributed by atoms with Crippen molar-refractivity contribution in [2.45, 2.75) is 25.4 Å². The lowest BCUT2D eigenvalue weighted by Crippen LogP contribution is -2.40. The Labute approximate surface area is 143 Å². The number of aromatic amines is 1. The van der Waals surface area contributed by atoms with Gasteiger partial charge in [-0.3, -0.25) is 14.5 Å². The lowest BCUT2D eigenvalue weighted by Gasteiger charge is -2.26. The van der Waals surface area contributed by atoms with Crippen LogP contribution in [0.15, 0.2) is 35.3 Å². The van der Waals surface area contributed by atoms with Crippen molar-refractivity contribution >= 4 is 5.91 Å². The Kier molecular flexibility index (Phi) is 4.67. The van der Waals surface area contributed by atoms with E-state index in [2.05, 4.69) is 10.3 Å². The maximum absolute atomic E-state index is 13.6. The zero-order valence-electron chi connectivity index (χ0n) is 14.0. The second kappa shape index (κ2) is 6.76. The van der Waals surface area contributed by atoms with Crippen molar-refractivity contribution < 1.29 is 13.6 Å². The Hall–Kier alpha value is -2.54. The number of rotatable bonds is 3. The van der Waals surface area contributed by atoms with E-state index in [1.165, 1.54) is 18.3 Å². The van der Waals surface area contributed by atoms with Crippen LogP contribution in [0.1, 0.15) is 34.1 Å². The van der Waals surface area contributed by atoms with Crippen LogP contribution in [0, 0.1) is 18.6 Å². The van der Waals surface area contributed by atoms with Crippen molar-refractivity contribution in [3.8, 4) is 0 Å². The molecule has 2 unspecified atom stereocenters. The number of nitrogens with one attached hydrogen (secondary N) is 2. The molecular weight excluding hydrogens is 328 g/mol. The summed E-state index contributed by atoms with van der Waals surface area (Å²) in [4.78, 5) is 29.2. The standard InChI is InChI=1S/C18H19F2N3O2/c1-10-7-16(24)12(9-21-10)18(25)22-15-5-6-23(2)17(15)11-3-4-13(19)14(20)8-11/h3-4,7-9,15,17H,5-6H2,1-2H3,(H,21,24)(H,22,25). The van der Waals surface area contributed by atoms with Gasteiger partial charge in [-0.05, 0) is 38.1 Å². The molecule has 2 atom stereocenters. The first-order valence-electron chi connectivity index (χ1n) is 8.02. The summed E-state index contributed by atoms with van der Waals surface area (Å²) in [5.74, 6) is -2.30. The summed E-state index contributed by atoms with van der Waals surface area (Å²) in [7, 11) is 1.86. The summed E-state index contributed by atoms with van der Waals surface area (Å²) in [6, 6.07) is 4.53. The Morgan fingerprint density at radius 2 is 2.04 bits per heavy atom. The maximum Gasteiger partial charge on any atom is 0.257 e. The Morgan fingerprint density at radius 1 is 1.28 bits per heavy atom. The van der Waals surface area contributed by atoms with Gasteiger partial charge < -0.3 is 10.3 Å². The van der Waals surface area contributed by atoms with Crippen LogP contribution in [0.25, 0.3) is 0 Å². The van der Waals surface area contributed by atoms with Gasteiger partial charge in [0.15, 0.2) is 17.1 Å². The van der Waals surface area contributed by atoms with Gasteiger partial charge in [0.05, 0.1) is 12.1 Å². The number of H-pyrrole nitrogens is 1. The number of aryl methyl sites for hydroxylation is 1. The van der Waals surface area contributed by atoms with E-state index in [9.17, 15) is 18.4 Å². The lowest BCUT2D eigenvalue weighted by atomic mass is 9.99. The molecule has 1 aliphatic rings. The number of benzene rings is 1. The number of nitrogens with zero attached hydrogens (tertiary/aromatic N) is 1. The number of halogens is 2. The molecule has 0 bridgehead atoms. The monoisotopic (exact) mass is 347 g/mol. The van der Waals surface area contributed by atoms with Gasteiger partial charge >= 0.3 is 0 Å². The highest BCUT2D eigenvalue weighted by Gasteiger charge is 2.34. The van der Waals surface area contributed by atoms with Crippen LogP contribution in [0.4, 0.5) is 8.78 Å². The molecule has 1 amide bonds. The summed E-state index contributed by atoms with van der Waals surface area (Å²) in [5, 5.41) is 2.85. The Balaban J connectivity index is 1.84. The summed E-state index contributed by atoms with van der Waals surface area (Å²) in [5.41, 5.74) is 0.928. The van der Waals surface area contributed by atoms with E-state index >= 15 is 0 Å². The van der Waals surface area contributed by atoms with Crippen LogP contribution in [-0.4, -0.2) is 35.4 Å². The van der Waals surface area contributed by atoms with Crippen LogP contribution in [0.2, 0.25) is 0 Å². The smallest absolute Gasteiger partial charge is 0.257 e. The highest BCUT2D eigenvalue weighted by molar-refractivity contribution is 5.94. The highest BCUT2D eigenvalue weighted by Crippen LogP contribution is 2.31. The number of likely N-dealkylation sites (tertiary alicyclic amines) is 1. The van der Waals surface area contributed by atoms with E-state index in [1.807, 2.05) is 11.9 Å². The van der Waals surface area contributed by atoms with Gasteiger partial charge in [-0.15, -0.1) is 0 Å². The van der Waals surface area contributed by atoms with Crippen LogP contribution < -0.4 is 10.7 Å². The number of carbonyl (C=O) groups excluding carboxylic acids is 1. The molecule has 2 aromatic rings. The molecule has 0 aliphatic carbocycles. The van der Waals surface area contributed by atoms with Gasteiger partial charge in [-0.2, -0.15) is 0 Å². The molecule has 1 aromatic carbocycles. The third-order valence-electron chi connectivity index (χ3n) is 4.55. The van der Waals surface area contributed by atoms with Crippen molar-refractivity contribution in [3.05, 3.63) is 69.1 Å². The Bertz CT molecular complexity index is 866. The molecule has 0 spiro atoms. The summed E-state index contributed by atoms with van der Waals surface area (Å²) < 4.78 is 26.8. The SMILES string of the molecule is Cc1cc(=O)c(C(=O)NC2CCN(C)C2c2ccc(F)c(F)c2)c[nH]1.